The van der Waals surface area contributed by atoms with E-state index in [1.807, 2.05) is 60.7 Å². The predicted molar refractivity (Wildman–Crippen MR) is 94.9 cm³/mol. The third kappa shape index (κ3) is 2.72. The molecule has 27 heavy (non-hydrogen) atoms. The van der Waals surface area contributed by atoms with Crippen LogP contribution >= 0.6 is 0 Å². The number of aliphatic hydroxyl groups is 1. The molecule has 0 radical (unpaired) electrons. The van der Waals surface area contributed by atoms with E-state index in [0.29, 0.717) is 13.2 Å². The number of aliphatic hydroxyl groups excluding tert-OH is 1. The summed E-state index contributed by atoms with van der Waals surface area (Å²) < 4.78 is 30.1. The molecule has 3 saturated heterocycles. The van der Waals surface area contributed by atoms with Gasteiger partial charge in [0.05, 0.1) is 19.8 Å². The monoisotopic (exact) mass is 370 g/mol. The van der Waals surface area contributed by atoms with Crippen LogP contribution in [0.15, 0.2) is 60.7 Å². The lowest BCUT2D eigenvalue weighted by molar-refractivity contribution is -0.361. The van der Waals surface area contributed by atoms with Crippen molar-refractivity contribution in [3.8, 4) is 0 Å². The number of fused-ring (bicyclic) bond motifs is 1. The molecule has 4 atom stereocenters. The normalized spacial score (nSPS) is 35.1. The Morgan fingerprint density at radius 2 is 1.48 bits per heavy atom. The minimum Gasteiger partial charge on any atom is -0.385 e. The third-order valence-electron chi connectivity index (χ3n) is 5.42. The second-order valence-electron chi connectivity index (χ2n) is 7.06. The van der Waals surface area contributed by atoms with Crippen LogP contribution in [0.4, 0.5) is 0 Å². The Morgan fingerprint density at radius 1 is 0.815 bits per heavy atom. The first kappa shape index (κ1) is 17.3. The zero-order valence-corrected chi connectivity index (χ0v) is 14.8. The average Bonchev–Trinajstić information content (AvgIpc) is 3.15. The maximum absolute atomic E-state index is 11.0. The fourth-order valence-corrected chi connectivity index (χ4v) is 4.07. The van der Waals surface area contributed by atoms with Crippen molar-refractivity contribution in [3.05, 3.63) is 71.8 Å². The van der Waals surface area contributed by atoms with Crippen LogP contribution in [0.1, 0.15) is 11.1 Å². The van der Waals surface area contributed by atoms with Crippen LogP contribution in [0, 0.1) is 0 Å². The Hall–Kier alpha value is -1.80. The Labute approximate surface area is 157 Å². The van der Waals surface area contributed by atoms with Crippen molar-refractivity contribution in [2.75, 3.05) is 26.4 Å². The van der Waals surface area contributed by atoms with E-state index in [0.717, 1.165) is 11.1 Å². The molecule has 2 aromatic rings. The van der Waals surface area contributed by atoms with Crippen molar-refractivity contribution in [2.45, 2.75) is 29.9 Å². The highest BCUT2D eigenvalue weighted by atomic mass is 16.8. The van der Waals surface area contributed by atoms with Gasteiger partial charge in [0.1, 0.15) is 24.9 Å². The highest BCUT2D eigenvalue weighted by Crippen LogP contribution is 2.47. The van der Waals surface area contributed by atoms with Gasteiger partial charge in [-0.1, -0.05) is 60.7 Å². The first-order valence-corrected chi connectivity index (χ1v) is 9.24. The summed E-state index contributed by atoms with van der Waals surface area (Å²) in [5, 5.41) is 11.0. The summed E-state index contributed by atoms with van der Waals surface area (Å²) in [5.74, 6) is -2.31. The summed E-state index contributed by atoms with van der Waals surface area (Å²) in [6.45, 7) is 1.29. The average molecular weight is 370 g/mol. The zero-order valence-electron chi connectivity index (χ0n) is 14.8. The number of rotatable bonds is 2. The number of benzene rings is 2. The lowest BCUT2D eigenvalue weighted by atomic mass is 9.96. The van der Waals surface area contributed by atoms with E-state index < -0.39 is 29.9 Å². The summed E-state index contributed by atoms with van der Waals surface area (Å²) in [6, 6.07) is 19.5. The molecule has 2 aromatic carbocycles. The lowest BCUT2D eigenvalue weighted by Gasteiger charge is -2.45. The van der Waals surface area contributed by atoms with Crippen molar-refractivity contribution in [1.82, 2.24) is 0 Å². The van der Waals surface area contributed by atoms with Crippen molar-refractivity contribution in [3.63, 3.8) is 0 Å². The quantitative estimate of drug-likeness (QED) is 0.870. The van der Waals surface area contributed by atoms with Crippen LogP contribution in [-0.4, -0.2) is 55.6 Å². The molecule has 142 valence electrons. The Bertz CT molecular complexity index is 734. The molecule has 0 amide bonds. The molecule has 3 unspecified atom stereocenters. The van der Waals surface area contributed by atoms with Crippen LogP contribution < -0.4 is 0 Å². The predicted octanol–water partition coefficient (Wildman–Crippen LogP) is 1.81. The van der Waals surface area contributed by atoms with Gasteiger partial charge in [-0.25, -0.2) is 0 Å². The molecule has 0 bridgehead atoms. The van der Waals surface area contributed by atoms with Gasteiger partial charge in [-0.2, -0.15) is 0 Å². The van der Waals surface area contributed by atoms with Gasteiger partial charge in [0.25, 0.3) is 0 Å². The van der Waals surface area contributed by atoms with Crippen molar-refractivity contribution in [2.24, 2.45) is 0 Å². The molecule has 6 nitrogen and oxygen atoms in total. The molecule has 3 aliphatic heterocycles. The van der Waals surface area contributed by atoms with E-state index in [1.54, 1.807) is 0 Å². The fourth-order valence-electron chi connectivity index (χ4n) is 4.07. The summed E-state index contributed by atoms with van der Waals surface area (Å²) in [6.07, 6.45) is -2.04. The first-order chi connectivity index (χ1) is 13.2. The van der Waals surface area contributed by atoms with Crippen molar-refractivity contribution in [1.29, 1.82) is 0 Å². The fraction of sp³-hybridized carbons (Fsp3) is 0.429. The van der Waals surface area contributed by atoms with Crippen LogP contribution in [0.3, 0.4) is 0 Å². The van der Waals surface area contributed by atoms with Crippen molar-refractivity contribution >= 4 is 0 Å². The third-order valence-corrected chi connectivity index (χ3v) is 5.42. The van der Waals surface area contributed by atoms with Gasteiger partial charge in [0, 0.05) is 11.1 Å². The van der Waals surface area contributed by atoms with E-state index in [-0.39, 0.29) is 13.2 Å². The second kappa shape index (κ2) is 6.67. The topological polar surface area (TPSA) is 66.4 Å². The summed E-state index contributed by atoms with van der Waals surface area (Å²) in [5.41, 5.74) is 1.74. The molecule has 3 heterocycles. The molecule has 1 N–H and O–H groups in total. The van der Waals surface area contributed by atoms with Gasteiger partial charge in [0.15, 0.2) is 0 Å². The van der Waals surface area contributed by atoms with Gasteiger partial charge in [-0.05, 0) is 0 Å². The highest BCUT2D eigenvalue weighted by Gasteiger charge is 2.61. The maximum atomic E-state index is 11.0. The van der Waals surface area contributed by atoms with Crippen LogP contribution in [0.5, 0.6) is 0 Å². The maximum Gasteiger partial charge on any atom is 0.223 e. The molecule has 5 rings (SSSR count). The van der Waals surface area contributed by atoms with E-state index in [4.69, 9.17) is 23.7 Å². The summed E-state index contributed by atoms with van der Waals surface area (Å²) in [7, 11) is 0. The van der Waals surface area contributed by atoms with Crippen LogP contribution in [-0.2, 0) is 29.5 Å². The van der Waals surface area contributed by atoms with Gasteiger partial charge in [-0.15, -0.1) is 0 Å². The summed E-state index contributed by atoms with van der Waals surface area (Å²) in [4.78, 5) is 0. The largest absolute Gasteiger partial charge is 0.385 e. The molecule has 6 heteroatoms. The molecule has 1 spiro atoms. The Balaban J connectivity index is 1.54. The van der Waals surface area contributed by atoms with Gasteiger partial charge in [0.2, 0.25) is 11.6 Å². The first-order valence-electron chi connectivity index (χ1n) is 9.24. The molecular formula is C21H22O6. The Kier molecular flexibility index (Phi) is 4.27. The molecular weight excluding hydrogens is 348 g/mol. The molecule has 0 saturated carbocycles. The Morgan fingerprint density at radius 3 is 2.07 bits per heavy atom. The van der Waals surface area contributed by atoms with E-state index in [1.165, 1.54) is 0 Å². The summed E-state index contributed by atoms with van der Waals surface area (Å²) >= 11 is 0. The molecule has 0 aliphatic carbocycles. The number of hydrogen-bond acceptors (Lipinski definition) is 6. The lowest BCUT2D eigenvalue weighted by Crippen LogP contribution is -2.64. The van der Waals surface area contributed by atoms with Crippen molar-refractivity contribution < 1.29 is 28.8 Å². The minimum absolute atomic E-state index is 0.171. The molecule has 3 fully saturated rings. The minimum atomic E-state index is -1.20. The van der Waals surface area contributed by atoms with Gasteiger partial charge >= 0.3 is 0 Å². The van der Waals surface area contributed by atoms with Crippen LogP contribution in [0.2, 0.25) is 0 Å². The number of hydrogen-bond donors (Lipinski definition) is 1. The van der Waals surface area contributed by atoms with Crippen LogP contribution in [0.25, 0.3) is 0 Å². The molecule has 3 aliphatic rings. The highest BCUT2D eigenvalue weighted by molar-refractivity contribution is 5.35. The standard InChI is InChI=1S/C21H22O6/c22-19-18-17(13-25-20(19)14-23-11-12-24-20)26-21(27-18,15-7-3-1-4-8-15)16-9-5-2-6-10-16/h1-10,17-19,22H,11-14H2/t17?,18?,19?,20-/m1/s1. The number of ether oxygens (including phenoxy) is 5. The second-order valence-corrected chi connectivity index (χ2v) is 7.06. The smallest absolute Gasteiger partial charge is 0.223 e. The van der Waals surface area contributed by atoms with E-state index in [9.17, 15) is 5.11 Å². The molecule has 0 aromatic heterocycles. The van der Waals surface area contributed by atoms with Gasteiger partial charge in [-0.3, -0.25) is 0 Å². The SMILES string of the molecule is OC1C2OC(c3ccccc3)(c3ccccc3)OC2CO[C@]12COCCO2. The van der Waals surface area contributed by atoms with Gasteiger partial charge < -0.3 is 28.8 Å². The van der Waals surface area contributed by atoms with E-state index in [2.05, 4.69) is 0 Å². The zero-order chi connectivity index (χ0) is 18.3. The van der Waals surface area contributed by atoms with E-state index >= 15 is 0 Å².